The van der Waals surface area contributed by atoms with Gasteiger partial charge < -0.3 is 10.1 Å². The van der Waals surface area contributed by atoms with Gasteiger partial charge in [0.25, 0.3) is 0 Å². The molecule has 3 nitrogen and oxygen atoms in total. The minimum Gasteiger partial charge on any atom is -0.385 e. The Labute approximate surface area is 151 Å². The van der Waals surface area contributed by atoms with Crippen LogP contribution in [-0.2, 0) is 12.1 Å². The molecule has 2 N–H and O–H groups in total. The Bertz CT molecular complexity index is 925. The molecule has 1 fully saturated rings. The molecular formula is C21H22F2N2O. The molecule has 3 aromatic rings. The van der Waals surface area contributed by atoms with Gasteiger partial charge in [0.15, 0.2) is 0 Å². The van der Waals surface area contributed by atoms with Crippen molar-refractivity contribution in [1.29, 1.82) is 0 Å². The monoisotopic (exact) mass is 356 g/mol. The van der Waals surface area contributed by atoms with Crippen LogP contribution in [0.15, 0.2) is 42.5 Å². The van der Waals surface area contributed by atoms with Crippen molar-refractivity contribution in [3.05, 3.63) is 70.9 Å². The fraction of sp³-hybridized carbons (Fsp3) is 0.333. The smallest absolute Gasteiger partial charge is 0.123 e. The number of nitrogens with one attached hydrogen (secondary N) is 1. The summed E-state index contributed by atoms with van der Waals surface area (Å²) >= 11 is 0. The fourth-order valence-electron chi connectivity index (χ4n) is 3.87. The molecule has 26 heavy (non-hydrogen) atoms. The van der Waals surface area contributed by atoms with Crippen molar-refractivity contribution in [2.75, 3.05) is 13.1 Å². The quantitative estimate of drug-likeness (QED) is 0.737. The van der Waals surface area contributed by atoms with Crippen molar-refractivity contribution >= 4 is 10.9 Å². The SMILES string of the molecule is Cc1c(CN2CCC(O)(c3ccc(F)cc3)CC2)[nH]c2ccc(F)cc12. The first-order valence-corrected chi connectivity index (χ1v) is 8.92. The lowest BCUT2D eigenvalue weighted by Crippen LogP contribution is -2.42. The zero-order chi connectivity index (χ0) is 18.3. The van der Waals surface area contributed by atoms with Crippen LogP contribution < -0.4 is 0 Å². The number of aromatic nitrogens is 1. The summed E-state index contributed by atoms with van der Waals surface area (Å²) < 4.78 is 26.6. The normalized spacial score (nSPS) is 17.7. The van der Waals surface area contributed by atoms with Crippen molar-refractivity contribution in [3.8, 4) is 0 Å². The molecule has 2 heterocycles. The Morgan fingerprint density at radius 2 is 1.69 bits per heavy atom. The summed E-state index contributed by atoms with van der Waals surface area (Å²) in [5, 5.41) is 11.8. The van der Waals surface area contributed by atoms with Crippen molar-refractivity contribution in [2.24, 2.45) is 0 Å². The maximum Gasteiger partial charge on any atom is 0.123 e. The third-order valence-electron chi connectivity index (χ3n) is 5.57. The first kappa shape index (κ1) is 17.2. The minimum atomic E-state index is -0.900. The number of H-pyrrole nitrogens is 1. The standard InChI is InChI=1S/C21H22F2N2O/c1-14-18-12-17(23)6-7-19(18)24-20(14)13-25-10-8-21(26,9-11-25)15-2-4-16(22)5-3-15/h2-7,12,24,26H,8-11,13H2,1H3. The molecule has 136 valence electrons. The Hall–Kier alpha value is -2.24. The maximum atomic E-state index is 13.5. The van der Waals surface area contributed by atoms with Crippen LogP contribution in [-0.4, -0.2) is 28.1 Å². The molecule has 1 saturated heterocycles. The van der Waals surface area contributed by atoms with Crippen molar-refractivity contribution in [2.45, 2.75) is 31.9 Å². The highest BCUT2D eigenvalue weighted by Crippen LogP contribution is 2.34. The van der Waals surface area contributed by atoms with Crippen LogP contribution in [0.3, 0.4) is 0 Å². The van der Waals surface area contributed by atoms with Gasteiger partial charge in [0, 0.05) is 36.2 Å². The van der Waals surface area contributed by atoms with Crippen molar-refractivity contribution in [3.63, 3.8) is 0 Å². The number of benzene rings is 2. The summed E-state index contributed by atoms with van der Waals surface area (Å²) in [6, 6.07) is 10.9. The summed E-state index contributed by atoms with van der Waals surface area (Å²) in [5.74, 6) is -0.519. The summed E-state index contributed by atoms with van der Waals surface area (Å²) in [6.45, 7) is 4.24. The molecule has 1 aliphatic rings. The van der Waals surface area contributed by atoms with Gasteiger partial charge in [0.1, 0.15) is 11.6 Å². The molecule has 2 aromatic carbocycles. The number of rotatable bonds is 3. The molecule has 5 heteroatoms. The molecule has 0 atom stereocenters. The molecule has 0 unspecified atom stereocenters. The summed E-state index contributed by atoms with van der Waals surface area (Å²) in [7, 11) is 0. The van der Waals surface area contributed by atoms with E-state index in [0.717, 1.165) is 47.4 Å². The molecule has 0 bridgehead atoms. The Morgan fingerprint density at radius 3 is 2.38 bits per heavy atom. The maximum absolute atomic E-state index is 13.5. The topological polar surface area (TPSA) is 39.3 Å². The second-order valence-electron chi connectivity index (χ2n) is 7.23. The van der Waals surface area contributed by atoms with Crippen LogP contribution in [0.2, 0.25) is 0 Å². The lowest BCUT2D eigenvalue weighted by molar-refractivity contribution is -0.0280. The van der Waals surface area contributed by atoms with Gasteiger partial charge in [0.2, 0.25) is 0 Å². The summed E-state index contributed by atoms with van der Waals surface area (Å²) in [5.41, 5.74) is 2.97. The van der Waals surface area contributed by atoms with Crippen molar-refractivity contribution in [1.82, 2.24) is 9.88 Å². The molecule has 0 saturated carbocycles. The van der Waals surface area contributed by atoms with Gasteiger partial charge in [-0.25, -0.2) is 8.78 Å². The predicted octanol–water partition coefficient (Wildman–Crippen LogP) is 4.24. The molecule has 0 spiro atoms. The second-order valence-corrected chi connectivity index (χ2v) is 7.23. The van der Waals surface area contributed by atoms with Gasteiger partial charge in [0.05, 0.1) is 5.60 Å². The number of nitrogens with zero attached hydrogens (tertiary/aromatic N) is 1. The molecule has 0 radical (unpaired) electrons. The number of aliphatic hydroxyl groups is 1. The summed E-state index contributed by atoms with van der Waals surface area (Å²) in [4.78, 5) is 5.67. The zero-order valence-corrected chi connectivity index (χ0v) is 14.7. The Kier molecular flexibility index (Phi) is 4.29. The molecule has 0 amide bonds. The molecule has 1 aromatic heterocycles. The number of aryl methyl sites for hydroxylation is 1. The molecule has 1 aliphatic heterocycles. The van der Waals surface area contributed by atoms with Crippen LogP contribution >= 0.6 is 0 Å². The highest BCUT2D eigenvalue weighted by Gasteiger charge is 2.34. The van der Waals surface area contributed by atoms with Gasteiger partial charge >= 0.3 is 0 Å². The van der Waals surface area contributed by atoms with E-state index in [1.165, 1.54) is 18.2 Å². The highest BCUT2D eigenvalue weighted by molar-refractivity contribution is 5.84. The van der Waals surface area contributed by atoms with E-state index in [1.54, 1.807) is 24.3 Å². The molecular weight excluding hydrogens is 334 g/mol. The number of hydrogen-bond donors (Lipinski definition) is 2. The Balaban J connectivity index is 1.47. The zero-order valence-electron chi connectivity index (χ0n) is 14.7. The highest BCUT2D eigenvalue weighted by atomic mass is 19.1. The van der Waals surface area contributed by atoms with E-state index >= 15 is 0 Å². The third kappa shape index (κ3) is 3.13. The van der Waals surface area contributed by atoms with Crippen LogP contribution in [0.5, 0.6) is 0 Å². The van der Waals surface area contributed by atoms with Crippen LogP contribution in [0.1, 0.15) is 29.7 Å². The van der Waals surface area contributed by atoms with Crippen molar-refractivity contribution < 1.29 is 13.9 Å². The van der Waals surface area contributed by atoms with E-state index in [2.05, 4.69) is 9.88 Å². The molecule has 0 aliphatic carbocycles. The second kappa shape index (κ2) is 6.49. The lowest BCUT2D eigenvalue weighted by Gasteiger charge is -2.38. The van der Waals surface area contributed by atoms with Gasteiger partial charge in [-0.05, 0) is 61.2 Å². The van der Waals surface area contributed by atoms with E-state index in [4.69, 9.17) is 0 Å². The first-order chi connectivity index (χ1) is 12.4. The largest absolute Gasteiger partial charge is 0.385 e. The van der Waals surface area contributed by atoms with Gasteiger partial charge in [-0.3, -0.25) is 4.90 Å². The minimum absolute atomic E-state index is 0.228. The van der Waals surface area contributed by atoms with Gasteiger partial charge in [-0.1, -0.05) is 12.1 Å². The van der Waals surface area contributed by atoms with Crippen LogP contribution in [0.4, 0.5) is 8.78 Å². The fourth-order valence-corrected chi connectivity index (χ4v) is 3.87. The van der Waals surface area contributed by atoms with E-state index < -0.39 is 5.60 Å². The predicted molar refractivity (Wildman–Crippen MR) is 97.8 cm³/mol. The van der Waals surface area contributed by atoms with E-state index in [9.17, 15) is 13.9 Å². The average molecular weight is 356 g/mol. The average Bonchev–Trinajstić information content (AvgIpc) is 2.93. The first-order valence-electron chi connectivity index (χ1n) is 8.92. The summed E-state index contributed by atoms with van der Waals surface area (Å²) in [6.07, 6.45) is 1.21. The lowest BCUT2D eigenvalue weighted by atomic mass is 9.84. The van der Waals surface area contributed by atoms with E-state index in [1.807, 2.05) is 6.92 Å². The number of likely N-dealkylation sites (tertiary alicyclic amines) is 1. The van der Waals surface area contributed by atoms with Crippen LogP contribution in [0.25, 0.3) is 10.9 Å². The Morgan fingerprint density at radius 1 is 1.04 bits per heavy atom. The number of fused-ring (bicyclic) bond motifs is 1. The van der Waals surface area contributed by atoms with Gasteiger partial charge in [-0.15, -0.1) is 0 Å². The van der Waals surface area contributed by atoms with Gasteiger partial charge in [-0.2, -0.15) is 0 Å². The number of hydrogen-bond acceptors (Lipinski definition) is 2. The number of halogens is 2. The number of piperidine rings is 1. The van der Waals surface area contributed by atoms with Crippen LogP contribution in [0, 0.1) is 18.6 Å². The number of aromatic amines is 1. The van der Waals surface area contributed by atoms with E-state index in [-0.39, 0.29) is 11.6 Å². The van der Waals surface area contributed by atoms with E-state index in [0.29, 0.717) is 12.8 Å². The third-order valence-corrected chi connectivity index (χ3v) is 5.57. The molecule has 4 rings (SSSR count).